The van der Waals surface area contributed by atoms with E-state index in [9.17, 15) is 4.39 Å². The Kier molecular flexibility index (Phi) is 3.22. The average Bonchev–Trinajstić information content (AvgIpc) is 3.26. The Bertz CT molecular complexity index is 1130. The molecule has 132 valence electrons. The predicted octanol–water partition coefficient (Wildman–Crippen LogP) is 3.52. The van der Waals surface area contributed by atoms with E-state index in [1.54, 1.807) is 12.4 Å². The van der Waals surface area contributed by atoms with Crippen molar-refractivity contribution in [2.75, 3.05) is 5.32 Å². The number of hydrogen-bond acceptors (Lipinski definition) is 5. The number of nitrogens with zero attached hydrogens (tertiary/aromatic N) is 5. The molecular weight excluding hydrogens is 333 g/mol. The summed E-state index contributed by atoms with van der Waals surface area (Å²) in [6.07, 6.45) is 4.73. The van der Waals surface area contributed by atoms with E-state index < -0.39 is 0 Å². The lowest BCUT2D eigenvalue weighted by molar-refractivity contribution is 0.466. The van der Waals surface area contributed by atoms with Crippen molar-refractivity contribution >= 4 is 28.0 Å². The van der Waals surface area contributed by atoms with E-state index in [4.69, 9.17) is 4.98 Å². The Morgan fingerprint density at radius 1 is 1.31 bits per heavy atom. The first-order valence-corrected chi connectivity index (χ1v) is 8.73. The molecule has 0 saturated carbocycles. The number of aromatic nitrogens is 6. The zero-order valence-corrected chi connectivity index (χ0v) is 14.5. The molecule has 0 bridgehead atoms. The molecule has 0 fully saturated rings. The lowest BCUT2D eigenvalue weighted by Gasteiger charge is -2.26. The number of hydrogen-bond donors (Lipinski definition) is 2. The second-order valence-electron chi connectivity index (χ2n) is 6.81. The highest BCUT2D eigenvalue weighted by molar-refractivity contribution is 5.83. The molecule has 0 spiro atoms. The monoisotopic (exact) mass is 351 g/mol. The minimum atomic E-state index is -0.146. The SMILES string of the molecule is CC(Nc1ncnc2nc[nH]c12)c1nc2ccc(F)c3c2n1C(C)CC3. The van der Waals surface area contributed by atoms with Crippen LogP contribution in [-0.2, 0) is 6.42 Å². The van der Waals surface area contributed by atoms with Gasteiger partial charge >= 0.3 is 0 Å². The Labute approximate surface area is 148 Å². The number of nitrogens with one attached hydrogen (secondary N) is 2. The van der Waals surface area contributed by atoms with E-state index >= 15 is 0 Å². The fourth-order valence-electron chi connectivity index (χ4n) is 3.87. The third-order valence-corrected chi connectivity index (χ3v) is 5.14. The molecule has 0 aliphatic carbocycles. The summed E-state index contributed by atoms with van der Waals surface area (Å²) in [6, 6.07) is 3.44. The predicted molar refractivity (Wildman–Crippen MR) is 96.4 cm³/mol. The maximum atomic E-state index is 14.3. The quantitative estimate of drug-likeness (QED) is 0.590. The second-order valence-corrected chi connectivity index (χ2v) is 6.81. The molecular formula is C18H18FN7. The number of halogens is 1. The van der Waals surface area contributed by atoms with Gasteiger partial charge in [-0.3, -0.25) is 0 Å². The highest BCUT2D eigenvalue weighted by atomic mass is 19.1. The van der Waals surface area contributed by atoms with Crippen LogP contribution < -0.4 is 5.32 Å². The van der Waals surface area contributed by atoms with Crippen LogP contribution in [-0.4, -0.2) is 29.5 Å². The van der Waals surface area contributed by atoms with E-state index in [0.717, 1.165) is 40.8 Å². The van der Waals surface area contributed by atoms with Gasteiger partial charge in [-0.15, -0.1) is 0 Å². The van der Waals surface area contributed by atoms with Gasteiger partial charge in [-0.2, -0.15) is 0 Å². The summed E-state index contributed by atoms with van der Waals surface area (Å²) in [7, 11) is 0. The van der Waals surface area contributed by atoms with Crippen LogP contribution in [0.3, 0.4) is 0 Å². The zero-order valence-electron chi connectivity index (χ0n) is 14.5. The Morgan fingerprint density at radius 3 is 3.08 bits per heavy atom. The fraction of sp³-hybridized carbons (Fsp3) is 0.333. The zero-order chi connectivity index (χ0) is 17.8. The molecule has 2 N–H and O–H groups in total. The van der Waals surface area contributed by atoms with Gasteiger partial charge in [0.25, 0.3) is 0 Å². The standard InChI is InChI=1S/C18H18FN7/c1-9-3-4-11-12(19)5-6-13-15(11)26(9)18(25-13)10(2)24-17-14-16(21-7-20-14)22-8-23-17/h5-10H,3-4H2,1-2H3,(H2,20,21,22,23,24). The van der Waals surface area contributed by atoms with Gasteiger partial charge in [-0.25, -0.2) is 24.3 Å². The van der Waals surface area contributed by atoms with Gasteiger partial charge in [0.2, 0.25) is 0 Å². The molecule has 2 atom stereocenters. The molecule has 1 aliphatic rings. The van der Waals surface area contributed by atoms with Crippen LogP contribution in [0.5, 0.6) is 0 Å². The number of aromatic amines is 1. The first kappa shape index (κ1) is 15.2. The first-order chi connectivity index (χ1) is 12.6. The number of aryl methyl sites for hydroxylation is 1. The summed E-state index contributed by atoms with van der Waals surface area (Å²) >= 11 is 0. The van der Waals surface area contributed by atoms with Crippen molar-refractivity contribution in [1.82, 2.24) is 29.5 Å². The van der Waals surface area contributed by atoms with Gasteiger partial charge < -0.3 is 14.9 Å². The number of rotatable bonds is 3. The maximum absolute atomic E-state index is 14.3. The van der Waals surface area contributed by atoms with Crippen molar-refractivity contribution in [3.63, 3.8) is 0 Å². The molecule has 2 unspecified atom stereocenters. The summed E-state index contributed by atoms with van der Waals surface area (Å²) in [5.41, 5.74) is 3.90. The number of anilines is 1. The molecule has 0 amide bonds. The van der Waals surface area contributed by atoms with Crippen LogP contribution >= 0.6 is 0 Å². The first-order valence-electron chi connectivity index (χ1n) is 8.73. The molecule has 8 heteroatoms. The van der Waals surface area contributed by atoms with Crippen molar-refractivity contribution < 1.29 is 4.39 Å². The third kappa shape index (κ3) is 2.11. The minimum absolute atomic E-state index is 0.111. The topological polar surface area (TPSA) is 84.3 Å². The smallest absolute Gasteiger partial charge is 0.182 e. The summed E-state index contributed by atoms with van der Waals surface area (Å²) in [4.78, 5) is 20.5. The Hall–Kier alpha value is -3.03. The van der Waals surface area contributed by atoms with Gasteiger partial charge in [-0.1, -0.05) is 0 Å². The van der Waals surface area contributed by atoms with E-state index in [-0.39, 0.29) is 17.9 Å². The van der Waals surface area contributed by atoms with Crippen molar-refractivity contribution in [2.24, 2.45) is 0 Å². The fourth-order valence-corrected chi connectivity index (χ4v) is 3.87. The molecule has 5 rings (SSSR count). The number of H-pyrrole nitrogens is 1. The van der Waals surface area contributed by atoms with Crippen molar-refractivity contribution in [2.45, 2.75) is 38.8 Å². The maximum Gasteiger partial charge on any atom is 0.182 e. The highest BCUT2D eigenvalue weighted by Crippen LogP contribution is 2.36. The van der Waals surface area contributed by atoms with Crippen LogP contribution in [0.2, 0.25) is 0 Å². The molecule has 0 radical (unpaired) electrons. The molecule has 4 aromatic rings. The summed E-state index contributed by atoms with van der Waals surface area (Å²) in [5.74, 6) is 1.41. The lowest BCUT2D eigenvalue weighted by atomic mass is 9.99. The van der Waals surface area contributed by atoms with Gasteiger partial charge in [0, 0.05) is 11.6 Å². The number of benzene rings is 1. The molecule has 7 nitrogen and oxygen atoms in total. The Balaban J connectivity index is 1.62. The minimum Gasteiger partial charge on any atom is -0.358 e. The van der Waals surface area contributed by atoms with Gasteiger partial charge in [-0.05, 0) is 38.8 Å². The molecule has 4 heterocycles. The van der Waals surface area contributed by atoms with Gasteiger partial charge in [0.15, 0.2) is 11.5 Å². The Morgan fingerprint density at radius 2 is 2.19 bits per heavy atom. The summed E-state index contributed by atoms with van der Waals surface area (Å²) in [6.45, 7) is 4.19. The van der Waals surface area contributed by atoms with Gasteiger partial charge in [0.05, 0.1) is 23.4 Å². The van der Waals surface area contributed by atoms with Gasteiger partial charge in [0.1, 0.15) is 23.5 Å². The average molecular weight is 351 g/mol. The van der Waals surface area contributed by atoms with Crippen LogP contribution in [0.1, 0.15) is 43.7 Å². The molecule has 1 aliphatic heterocycles. The summed E-state index contributed by atoms with van der Waals surface area (Å²) < 4.78 is 16.4. The second kappa shape index (κ2) is 5.48. The van der Waals surface area contributed by atoms with E-state index in [1.807, 2.05) is 6.92 Å². The summed E-state index contributed by atoms with van der Waals surface area (Å²) in [5, 5.41) is 3.40. The number of imidazole rings is 2. The van der Waals surface area contributed by atoms with Crippen LogP contribution in [0, 0.1) is 5.82 Å². The highest BCUT2D eigenvalue weighted by Gasteiger charge is 2.27. The van der Waals surface area contributed by atoms with Crippen LogP contribution in [0.15, 0.2) is 24.8 Å². The van der Waals surface area contributed by atoms with E-state index in [1.165, 1.54) is 12.4 Å². The van der Waals surface area contributed by atoms with Crippen molar-refractivity contribution in [1.29, 1.82) is 0 Å². The lowest BCUT2D eigenvalue weighted by Crippen LogP contribution is -2.20. The van der Waals surface area contributed by atoms with E-state index in [2.05, 4.69) is 36.7 Å². The molecule has 26 heavy (non-hydrogen) atoms. The van der Waals surface area contributed by atoms with Crippen molar-refractivity contribution in [3.8, 4) is 0 Å². The molecule has 1 aromatic carbocycles. The van der Waals surface area contributed by atoms with Crippen molar-refractivity contribution in [3.05, 3.63) is 42.0 Å². The molecule has 0 saturated heterocycles. The van der Waals surface area contributed by atoms with E-state index in [0.29, 0.717) is 11.5 Å². The van der Waals surface area contributed by atoms with Crippen LogP contribution in [0.25, 0.3) is 22.2 Å². The largest absolute Gasteiger partial charge is 0.358 e. The van der Waals surface area contributed by atoms with Crippen LogP contribution in [0.4, 0.5) is 10.2 Å². The number of fused-ring (bicyclic) bond motifs is 1. The third-order valence-electron chi connectivity index (χ3n) is 5.14. The normalized spacial score (nSPS) is 17.7. The molecule has 3 aromatic heterocycles.